The summed E-state index contributed by atoms with van der Waals surface area (Å²) in [6.45, 7) is 4.91. The average Bonchev–Trinajstić information content (AvgIpc) is 2.14. The Labute approximate surface area is 99.6 Å². The van der Waals surface area contributed by atoms with Gasteiger partial charge in [0.25, 0.3) is 0 Å². The minimum Gasteiger partial charge on any atom is -0.491 e. The first kappa shape index (κ1) is 13.9. The van der Waals surface area contributed by atoms with Crippen molar-refractivity contribution >= 4 is 18.7 Å². The van der Waals surface area contributed by atoms with E-state index in [0.717, 1.165) is 0 Å². The fourth-order valence-electron chi connectivity index (χ4n) is 1.29. The van der Waals surface area contributed by atoms with Crippen LogP contribution in [0.1, 0.15) is 31.1 Å². The van der Waals surface area contributed by atoms with Gasteiger partial charge in [0.15, 0.2) is 5.78 Å². The van der Waals surface area contributed by atoms with E-state index in [2.05, 4.69) is 0 Å². The normalized spacial score (nSPS) is 11.6. The van der Waals surface area contributed by atoms with E-state index in [1.54, 1.807) is 13.8 Å². The fraction of sp³-hybridized carbons (Fsp3) is 0.364. The van der Waals surface area contributed by atoms with Crippen molar-refractivity contribution in [3.8, 4) is 5.75 Å². The Morgan fingerprint density at radius 1 is 1.29 bits per heavy atom. The lowest BCUT2D eigenvalue weighted by atomic mass is 10.1. The summed E-state index contributed by atoms with van der Waals surface area (Å²) in [7, 11) is -4.39. The lowest BCUT2D eigenvalue weighted by Gasteiger charge is -2.13. The number of ketones is 1. The highest BCUT2D eigenvalue weighted by Crippen LogP contribution is 2.35. The molecule has 1 rings (SSSR count). The van der Waals surface area contributed by atoms with Crippen LogP contribution in [0.5, 0.6) is 5.75 Å². The maximum Gasteiger partial charge on any atom is 0.356 e. The van der Waals surface area contributed by atoms with Gasteiger partial charge in [0.2, 0.25) is 0 Å². The molecule has 0 saturated heterocycles. The molecule has 0 unspecified atom stereocenters. The van der Waals surface area contributed by atoms with Crippen molar-refractivity contribution in [2.45, 2.75) is 26.9 Å². The highest BCUT2D eigenvalue weighted by Gasteiger charge is 2.20. The van der Waals surface area contributed by atoms with Gasteiger partial charge in [-0.15, -0.1) is 0 Å². The van der Waals surface area contributed by atoms with Crippen molar-refractivity contribution in [2.75, 3.05) is 0 Å². The average molecular weight is 258 g/mol. The number of carbonyl (C=O) groups excluding carboxylic acids is 1. The van der Waals surface area contributed by atoms with E-state index in [1.165, 1.54) is 25.1 Å². The molecule has 0 bridgehead atoms. The van der Waals surface area contributed by atoms with E-state index >= 15 is 0 Å². The van der Waals surface area contributed by atoms with Gasteiger partial charge in [-0.3, -0.25) is 9.36 Å². The number of Topliss-reactive ketones (excluding diaryl/α,β-unsaturated/α-hetero) is 1. The van der Waals surface area contributed by atoms with Gasteiger partial charge < -0.3 is 14.5 Å². The monoisotopic (exact) mass is 258 g/mol. The number of rotatable bonds is 4. The zero-order valence-corrected chi connectivity index (χ0v) is 10.8. The van der Waals surface area contributed by atoms with E-state index < -0.39 is 7.60 Å². The quantitative estimate of drug-likeness (QED) is 0.631. The Morgan fingerprint density at radius 2 is 1.88 bits per heavy atom. The van der Waals surface area contributed by atoms with Crippen LogP contribution in [0, 0.1) is 0 Å². The van der Waals surface area contributed by atoms with Crippen LogP contribution in [0.15, 0.2) is 18.2 Å². The van der Waals surface area contributed by atoms with Crippen LogP contribution in [-0.2, 0) is 4.57 Å². The summed E-state index contributed by atoms with van der Waals surface area (Å²) in [5, 5.41) is -0.208. The SMILES string of the molecule is CC(=O)c1cc(OC(C)C)cc(P(=O)(O)O)c1. The molecule has 2 N–H and O–H groups in total. The second-order valence-corrected chi connectivity index (χ2v) is 5.59. The van der Waals surface area contributed by atoms with Gasteiger partial charge in [-0.1, -0.05) is 0 Å². The molecular formula is C11H15O5P. The Balaban J connectivity index is 3.29. The zero-order chi connectivity index (χ0) is 13.2. The lowest BCUT2D eigenvalue weighted by Crippen LogP contribution is -2.12. The minimum absolute atomic E-state index is 0.137. The number of hydrogen-bond acceptors (Lipinski definition) is 3. The van der Waals surface area contributed by atoms with Gasteiger partial charge in [-0.25, -0.2) is 0 Å². The van der Waals surface area contributed by atoms with Crippen LogP contribution in [0.2, 0.25) is 0 Å². The Bertz CT molecular complexity index is 475. The molecular weight excluding hydrogens is 243 g/mol. The first-order chi connectivity index (χ1) is 7.70. The smallest absolute Gasteiger partial charge is 0.356 e. The summed E-state index contributed by atoms with van der Waals surface area (Å²) in [5.41, 5.74) is 0.224. The summed E-state index contributed by atoms with van der Waals surface area (Å²) >= 11 is 0. The molecule has 0 aliphatic carbocycles. The van der Waals surface area contributed by atoms with Gasteiger partial charge >= 0.3 is 7.60 Å². The third-order valence-corrected chi connectivity index (χ3v) is 2.94. The summed E-state index contributed by atoms with van der Waals surface area (Å²) < 4.78 is 16.5. The number of hydrogen-bond donors (Lipinski definition) is 2. The molecule has 17 heavy (non-hydrogen) atoms. The van der Waals surface area contributed by atoms with Crippen LogP contribution in [0.25, 0.3) is 0 Å². The summed E-state index contributed by atoms with van der Waals surface area (Å²) in [6.07, 6.45) is -0.137. The number of ether oxygens (including phenoxy) is 1. The molecule has 5 nitrogen and oxygen atoms in total. The van der Waals surface area contributed by atoms with E-state index in [4.69, 9.17) is 14.5 Å². The van der Waals surface area contributed by atoms with E-state index in [9.17, 15) is 9.36 Å². The van der Waals surface area contributed by atoms with E-state index in [1.807, 2.05) is 0 Å². The van der Waals surface area contributed by atoms with Gasteiger partial charge in [0, 0.05) is 5.56 Å². The molecule has 0 heterocycles. The molecule has 1 aromatic rings. The molecule has 1 aromatic carbocycles. The van der Waals surface area contributed by atoms with Gasteiger partial charge in [0.05, 0.1) is 11.4 Å². The van der Waals surface area contributed by atoms with Crippen molar-refractivity contribution in [1.29, 1.82) is 0 Å². The molecule has 0 spiro atoms. The van der Waals surface area contributed by atoms with Crippen molar-refractivity contribution < 1.29 is 23.9 Å². The number of benzene rings is 1. The predicted molar refractivity (Wildman–Crippen MR) is 63.9 cm³/mol. The van der Waals surface area contributed by atoms with Gasteiger partial charge in [-0.05, 0) is 39.0 Å². The summed E-state index contributed by atoms with van der Waals surface area (Å²) in [6, 6.07) is 3.92. The zero-order valence-electron chi connectivity index (χ0n) is 9.88. The topological polar surface area (TPSA) is 83.8 Å². The molecule has 6 heteroatoms. The summed E-state index contributed by atoms with van der Waals surface area (Å²) in [5.74, 6) is 0.0138. The fourth-order valence-corrected chi connectivity index (χ4v) is 1.90. The molecule has 0 saturated carbocycles. The van der Waals surface area contributed by atoms with Crippen LogP contribution in [0.4, 0.5) is 0 Å². The van der Waals surface area contributed by atoms with Gasteiger partial charge in [0.1, 0.15) is 5.75 Å². The third kappa shape index (κ3) is 3.97. The van der Waals surface area contributed by atoms with Crippen LogP contribution < -0.4 is 10.0 Å². The van der Waals surface area contributed by atoms with Crippen molar-refractivity contribution in [2.24, 2.45) is 0 Å². The first-order valence-electron chi connectivity index (χ1n) is 5.09. The molecule has 0 aromatic heterocycles. The highest BCUT2D eigenvalue weighted by molar-refractivity contribution is 7.60. The molecule has 0 amide bonds. The second kappa shape index (κ2) is 5.00. The molecule has 0 fully saturated rings. The molecule has 94 valence electrons. The molecule has 0 radical (unpaired) electrons. The molecule has 0 atom stereocenters. The summed E-state index contributed by atoms with van der Waals surface area (Å²) in [4.78, 5) is 29.5. The van der Waals surface area contributed by atoms with Crippen molar-refractivity contribution in [3.05, 3.63) is 23.8 Å². The minimum atomic E-state index is -4.39. The lowest BCUT2D eigenvalue weighted by molar-refractivity contribution is 0.101. The second-order valence-electron chi connectivity index (χ2n) is 3.98. The third-order valence-electron chi connectivity index (χ3n) is 2.01. The Kier molecular flexibility index (Phi) is 4.09. The standard InChI is InChI=1S/C11H15O5P/c1-7(2)16-10-4-9(8(3)12)5-11(6-10)17(13,14)15/h4-7H,1-3H3,(H2,13,14,15). The van der Waals surface area contributed by atoms with E-state index in [-0.39, 0.29) is 28.5 Å². The van der Waals surface area contributed by atoms with Crippen LogP contribution in [-0.4, -0.2) is 21.7 Å². The van der Waals surface area contributed by atoms with Crippen LogP contribution in [0.3, 0.4) is 0 Å². The van der Waals surface area contributed by atoms with Crippen molar-refractivity contribution in [1.82, 2.24) is 0 Å². The number of carbonyl (C=O) groups is 1. The predicted octanol–water partition coefficient (Wildman–Crippen LogP) is 1.48. The first-order valence-corrected chi connectivity index (χ1v) is 6.70. The van der Waals surface area contributed by atoms with Crippen molar-refractivity contribution in [3.63, 3.8) is 0 Å². The van der Waals surface area contributed by atoms with Gasteiger partial charge in [-0.2, -0.15) is 0 Å². The van der Waals surface area contributed by atoms with Crippen LogP contribution >= 0.6 is 7.60 Å². The molecule has 0 aliphatic rings. The molecule has 0 aliphatic heterocycles. The Hall–Kier alpha value is -1.16. The maximum absolute atomic E-state index is 11.3. The Morgan fingerprint density at radius 3 is 2.29 bits per heavy atom. The maximum atomic E-state index is 11.3. The highest BCUT2D eigenvalue weighted by atomic mass is 31.2. The largest absolute Gasteiger partial charge is 0.491 e. The van der Waals surface area contributed by atoms with E-state index in [0.29, 0.717) is 0 Å².